The molecule has 1 amide bonds. The zero-order valence-corrected chi connectivity index (χ0v) is 14.2. The zero-order chi connectivity index (χ0) is 16.0. The van der Waals surface area contributed by atoms with Crippen LogP contribution in [0, 0.1) is 5.41 Å². The smallest absolute Gasteiger partial charge is 0.225 e. The van der Waals surface area contributed by atoms with E-state index < -0.39 is 0 Å². The van der Waals surface area contributed by atoms with E-state index >= 15 is 0 Å². The molecule has 1 fully saturated rings. The van der Waals surface area contributed by atoms with Crippen molar-refractivity contribution < 1.29 is 4.79 Å². The molecule has 1 saturated heterocycles. The third-order valence-electron chi connectivity index (χ3n) is 4.80. The van der Waals surface area contributed by atoms with E-state index in [2.05, 4.69) is 55.7 Å². The van der Waals surface area contributed by atoms with Crippen LogP contribution in [0.4, 0.5) is 0 Å². The Morgan fingerprint density at radius 1 is 1.32 bits per heavy atom. The van der Waals surface area contributed by atoms with Gasteiger partial charge in [-0.15, -0.1) is 0 Å². The van der Waals surface area contributed by atoms with Gasteiger partial charge in [-0.1, -0.05) is 44.2 Å². The predicted octanol–water partition coefficient (Wildman–Crippen LogP) is 3.29. The lowest BCUT2D eigenvalue weighted by atomic mass is 9.84. The summed E-state index contributed by atoms with van der Waals surface area (Å²) in [6, 6.07) is 11.1. The zero-order valence-electron chi connectivity index (χ0n) is 14.2. The fourth-order valence-electron chi connectivity index (χ4n) is 3.10. The highest BCUT2D eigenvalue weighted by atomic mass is 16.2. The molecule has 2 rings (SSSR count). The number of nitrogens with one attached hydrogen (secondary N) is 2. The van der Waals surface area contributed by atoms with Crippen molar-refractivity contribution in [1.29, 1.82) is 0 Å². The molecule has 3 heteroatoms. The summed E-state index contributed by atoms with van der Waals surface area (Å²) in [7, 11) is 0. The molecule has 2 unspecified atom stereocenters. The average molecular weight is 302 g/mol. The first kappa shape index (κ1) is 17.0. The number of aryl methyl sites for hydroxylation is 1. The molecule has 22 heavy (non-hydrogen) atoms. The minimum atomic E-state index is -0.300. The lowest BCUT2D eigenvalue weighted by Gasteiger charge is -2.34. The third-order valence-corrected chi connectivity index (χ3v) is 4.80. The van der Waals surface area contributed by atoms with Gasteiger partial charge >= 0.3 is 0 Å². The Balaban J connectivity index is 1.79. The Morgan fingerprint density at radius 3 is 2.73 bits per heavy atom. The molecule has 0 aliphatic carbocycles. The second kappa shape index (κ2) is 7.77. The summed E-state index contributed by atoms with van der Waals surface area (Å²) in [5, 5.41) is 6.69. The van der Waals surface area contributed by atoms with Crippen LogP contribution >= 0.6 is 0 Å². The number of hydrogen-bond donors (Lipinski definition) is 2. The van der Waals surface area contributed by atoms with E-state index in [1.807, 2.05) is 6.07 Å². The molecule has 2 atom stereocenters. The highest BCUT2D eigenvalue weighted by Gasteiger charge is 2.31. The van der Waals surface area contributed by atoms with Crippen LogP contribution in [-0.2, 0) is 11.2 Å². The second-order valence-electron chi connectivity index (χ2n) is 7.19. The van der Waals surface area contributed by atoms with Gasteiger partial charge in [-0.25, -0.2) is 0 Å². The van der Waals surface area contributed by atoms with Crippen LogP contribution in [0.1, 0.15) is 52.0 Å². The number of rotatable bonds is 6. The fourth-order valence-corrected chi connectivity index (χ4v) is 3.10. The van der Waals surface area contributed by atoms with E-state index in [0.29, 0.717) is 6.04 Å². The van der Waals surface area contributed by atoms with Crippen LogP contribution in [-0.4, -0.2) is 24.5 Å². The van der Waals surface area contributed by atoms with Crippen molar-refractivity contribution in [2.45, 2.75) is 65.0 Å². The molecule has 2 N–H and O–H groups in total. The molecule has 122 valence electrons. The van der Waals surface area contributed by atoms with E-state index in [4.69, 9.17) is 0 Å². The van der Waals surface area contributed by atoms with Crippen molar-refractivity contribution in [2.24, 2.45) is 5.41 Å². The maximum atomic E-state index is 12.6. The van der Waals surface area contributed by atoms with E-state index in [-0.39, 0.29) is 17.4 Å². The normalized spacial score (nSPS) is 22.3. The minimum absolute atomic E-state index is 0.195. The molecular formula is C19H30N2O. The lowest BCUT2D eigenvalue weighted by Crippen LogP contribution is -2.54. The number of benzene rings is 1. The number of piperidine rings is 1. The van der Waals surface area contributed by atoms with Crippen LogP contribution < -0.4 is 10.6 Å². The first-order chi connectivity index (χ1) is 10.5. The van der Waals surface area contributed by atoms with Gasteiger partial charge in [0.15, 0.2) is 0 Å². The van der Waals surface area contributed by atoms with E-state index in [1.165, 1.54) is 5.56 Å². The molecule has 0 spiro atoms. The summed E-state index contributed by atoms with van der Waals surface area (Å²) >= 11 is 0. The molecule has 0 aromatic heterocycles. The van der Waals surface area contributed by atoms with Gasteiger partial charge in [-0.05, 0) is 51.1 Å². The number of amides is 1. The Labute approximate surface area is 134 Å². The number of carbonyl (C=O) groups is 1. The topological polar surface area (TPSA) is 41.1 Å². The van der Waals surface area contributed by atoms with Gasteiger partial charge in [0, 0.05) is 17.5 Å². The first-order valence-electron chi connectivity index (χ1n) is 8.57. The van der Waals surface area contributed by atoms with Crippen LogP contribution in [0.3, 0.4) is 0 Å². The summed E-state index contributed by atoms with van der Waals surface area (Å²) in [6.07, 6.45) is 5.23. The molecule has 0 bridgehead atoms. The maximum Gasteiger partial charge on any atom is 0.225 e. The number of hydrogen-bond acceptors (Lipinski definition) is 2. The summed E-state index contributed by atoms with van der Waals surface area (Å²) in [5.74, 6) is 0.195. The Hall–Kier alpha value is -1.35. The van der Waals surface area contributed by atoms with Gasteiger partial charge in [0.2, 0.25) is 5.91 Å². The highest BCUT2D eigenvalue weighted by molar-refractivity contribution is 5.82. The van der Waals surface area contributed by atoms with Crippen molar-refractivity contribution in [3.8, 4) is 0 Å². The van der Waals surface area contributed by atoms with Crippen LogP contribution in [0.25, 0.3) is 0 Å². The van der Waals surface area contributed by atoms with Gasteiger partial charge in [-0.3, -0.25) is 4.79 Å². The van der Waals surface area contributed by atoms with Gasteiger partial charge in [-0.2, -0.15) is 0 Å². The molecule has 3 nitrogen and oxygen atoms in total. The van der Waals surface area contributed by atoms with Gasteiger partial charge in [0.25, 0.3) is 0 Å². The highest BCUT2D eigenvalue weighted by Crippen LogP contribution is 2.24. The molecule has 1 heterocycles. The third kappa shape index (κ3) is 4.84. The first-order valence-corrected chi connectivity index (χ1v) is 8.57. The van der Waals surface area contributed by atoms with Crippen molar-refractivity contribution in [1.82, 2.24) is 10.6 Å². The van der Waals surface area contributed by atoms with Crippen LogP contribution in [0.15, 0.2) is 30.3 Å². The summed E-state index contributed by atoms with van der Waals surface area (Å²) in [4.78, 5) is 12.6. The van der Waals surface area contributed by atoms with Gasteiger partial charge < -0.3 is 10.6 Å². The van der Waals surface area contributed by atoms with E-state index in [1.54, 1.807) is 0 Å². The summed E-state index contributed by atoms with van der Waals surface area (Å²) in [5.41, 5.74) is 1.05. The number of carbonyl (C=O) groups excluding carboxylic acids is 1. The van der Waals surface area contributed by atoms with Crippen LogP contribution in [0.5, 0.6) is 0 Å². The summed E-state index contributed by atoms with van der Waals surface area (Å²) < 4.78 is 0. The standard InChI is InChI=1S/C19H30N2O/c1-15-17(12-8-14-20-15)21-18(22)19(2,3)13-7-11-16-9-5-4-6-10-16/h4-6,9-10,15,17,20H,7-8,11-14H2,1-3H3,(H,21,22). The van der Waals surface area contributed by atoms with Crippen LogP contribution in [0.2, 0.25) is 0 Å². The average Bonchev–Trinajstić information content (AvgIpc) is 2.50. The van der Waals surface area contributed by atoms with Crippen molar-refractivity contribution >= 4 is 5.91 Å². The molecule has 1 aromatic rings. The fraction of sp³-hybridized carbons (Fsp3) is 0.632. The SMILES string of the molecule is CC1NCCCC1NC(=O)C(C)(C)CCCc1ccccc1. The second-order valence-corrected chi connectivity index (χ2v) is 7.19. The largest absolute Gasteiger partial charge is 0.351 e. The predicted molar refractivity (Wildman–Crippen MR) is 91.8 cm³/mol. The molecule has 1 aliphatic heterocycles. The van der Waals surface area contributed by atoms with Crippen molar-refractivity contribution in [2.75, 3.05) is 6.54 Å². The van der Waals surface area contributed by atoms with Crippen molar-refractivity contribution in [3.63, 3.8) is 0 Å². The minimum Gasteiger partial charge on any atom is -0.351 e. The molecule has 0 saturated carbocycles. The van der Waals surface area contributed by atoms with E-state index in [9.17, 15) is 4.79 Å². The van der Waals surface area contributed by atoms with E-state index in [0.717, 1.165) is 38.6 Å². The molecule has 0 radical (unpaired) electrons. The molecular weight excluding hydrogens is 272 g/mol. The Morgan fingerprint density at radius 2 is 2.05 bits per heavy atom. The summed E-state index contributed by atoms with van der Waals surface area (Å²) in [6.45, 7) is 7.35. The van der Waals surface area contributed by atoms with Crippen molar-refractivity contribution in [3.05, 3.63) is 35.9 Å². The monoisotopic (exact) mass is 302 g/mol. The molecule has 1 aromatic carbocycles. The quantitative estimate of drug-likeness (QED) is 0.846. The Bertz CT molecular complexity index is 470. The van der Waals surface area contributed by atoms with Gasteiger partial charge in [0.05, 0.1) is 0 Å². The molecule has 1 aliphatic rings. The Kier molecular flexibility index (Phi) is 6.01. The lowest BCUT2D eigenvalue weighted by molar-refractivity contribution is -0.130. The maximum absolute atomic E-state index is 12.6. The van der Waals surface area contributed by atoms with Gasteiger partial charge in [0.1, 0.15) is 0 Å².